The highest BCUT2D eigenvalue weighted by molar-refractivity contribution is 5.21. The van der Waals surface area contributed by atoms with Crippen molar-refractivity contribution in [2.75, 3.05) is 42.3 Å². The van der Waals surface area contributed by atoms with Crippen molar-refractivity contribution in [3.63, 3.8) is 0 Å². The predicted octanol–water partition coefficient (Wildman–Crippen LogP) is 1.62. The molecular weight excluding hydrogens is 320 g/mol. The molecule has 1 aromatic carbocycles. The Morgan fingerprint density at radius 3 is 0.958 bits per heavy atom. The second-order valence-corrected chi connectivity index (χ2v) is 7.16. The van der Waals surface area contributed by atoms with Crippen LogP contribution < -0.4 is 0 Å². The molecule has 0 unspecified atom stereocenters. The maximum atomic E-state index is 8.25. The summed E-state index contributed by atoms with van der Waals surface area (Å²) in [6.07, 6.45) is 0. The van der Waals surface area contributed by atoms with Crippen molar-refractivity contribution < 1.29 is 19.1 Å². The minimum Gasteiger partial charge on any atom is -0.356 e. The number of nitrogens with zero attached hydrogens (tertiary/aromatic N) is 4. The van der Waals surface area contributed by atoms with Gasteiger partial charge in [-0.2, -0.15) is 0 Å². The number of benzene rings is 1. The van der Waals surface area contributed by atoms with Gasteiger partial charge in [0, 0.05) is 11.1 Å². The lowest BCUT2D eigenvalue weighted by Crippen LogP contribution is -2.34. The molecule has 0 aromatic heterocycles. The summed E-state index contributed by atoms with van der Waals surface area (Å²) in [6, 6.07) is 9.03. The van der Waals surface area contributed by atoms with E-state index in [1.54, 1.807) is 0 Å². The third kappa shape index (κ3) is 21.8. The van der Waals surface area contributed by atoms with Crippen LogP contribution in [0.2, 0.25) is 0 Å². The second-order valence-electron chi connectivity index (χ2n) is 7.16. The standard InChI is InChI=1S/C14H26N2.2NO3/c1-15(2,3)11-13-7-9-14(10-8-13)12-16(4,5)6;2*2-1(3)4/h7-10H,11-12H2,1-6H3;;/q+2;2*-1. The minimum absolute atomic E-state index is 0.981. The first-order valence-electron chi connectivity index (χ1n) is 6.94. The smallest absolute Gasteiger partial charge is 0.104 e. The third-order valence-corrected chi connectivity index (χ3v) is 2.34. The quantitative estimate of drug-likeness (QED) is 0.462. The van der Waals surface area contributed by atoms with Gasteiger partial charge in [0.15, 0.2) is 0 Å². The molecule has 10 nitrogen and oxygen atoms in total. The van der Waals surface area contributed by atoms with Gasteiger partial charge in [-0.3, -0.25) is 0 Å². The van der Waals surface area contributed by atoms with Crippen molar-refractivity contribution in [2.24, 2.45) is 0 Å². The highest BCUT2D eigenvalue weighted by Gasteiger charge is 2.10. The first kappa shape index (κ1) is 23.8. The summed E-state index contributed by atoms with van der Waals surface area (Å²) < 4.78 is 1.96. The van der Waals surface area contributed by atoms with Gasteiger partial charge in [0.2, 0.25) is 0 Å². The van der Waals surface area contributed by atoms with Crippen LogP contribution in [-0.4, -0.2) is 61.4 Å². The molecule has 0 saturated heterocycles. The van der Waals surface area contributed by atoms with Crippen LogP contribution in [-0.2, 0) is 13.1 Å². The summed E-state index contributed by atoms with van der Waals surface area (Å²) >= 11 is 0. The van der Waals surface area contributed by atoms with Gasteiger partial charge >= 0.3 is 0 Å². The molecule has 0 amide bonds. The Hall–Kier alpha value is -2.46. The number of hydrogen-bond donors (Lipinski definition) is 0. The van der Waals surface area contributed by atoms with Crippen molar-refractivity contribution in [3.8, 4) is 0 Å². The zero-order valence-corrected chi connectivity index (χ0v) is 15.0. The van der Waals surface area contributed by atoms with Crippen LogP contribution in [0.5, 0.6) is 0 Å². The molecule has 0 heterocycles. The Bertz CT molecular complexity index is 450. The fourth-order valence-electron chi connectivity index (χ4n) is 1.85. The summed E-state index contributed by atoms with van der Waals surface area (Å²) in [5.41, 5.74) is 2.83. The molecule has 0 aliphatic carbocycles. The highest BCUT2D eigenvalue weighted by Crippen LogP contribution is 2.11. The molecule has 1 aromatic rings. The van der Waals surface area contributed by atoms with E-state index in [4.69, 9.17) is 30.6 Å². The molecule has 138 valence electrons. The van der Waals surface area contributed by atoms with E-state index in [0.29, 0.717) is 0 Å². The van der Waals surface area contributed by atoms with Crippen molar-refractivity contribution >= 4 is 0 Å². The molecule has 0 fully saturated rings. The summed E-state index contributed by atoms with van der Waals surface area (Å²) in [6.45, 7) is 2.18. The molecule has 0 atom stereocenters. The van der Waals surface area contributed by atoms with Gasteiger partial charge in [0.05, 0.1) is 52.5 Å². The van der Waals surface area contributed by atoms with Crippen LogP contribution in [0.1, 0.15) is 11.1 Å². The normalized spacial score (nSPS) is 10.6. The maximum Gasteiger partial charge on any atom is 0.104 e. The molecule has 0 aliphatic rings. The molecule has 1 rings (SSSR count). The van der Waals surface area contributed by atoms with Crippen LogP contribution >= 0.6 is 0 Å². The van der Waals surface area contributed by atoms with E-state index in [2.05, 4.69) is 66.6 Å². The summed E-state index contributed by atoms with van der Waals surface area (Å²) in [7, 11) is 13.3. The highest BCUT2D eigenvalue weighted by atomic mass is 16.9. The van der Waals surface area contributed by atoms with E-state index in [1.807, 2.05) is 0 Å². The van der Waals surface area contributed by atoms with E-state index in [9.17, 15) is 0 Å². The largest absolute Gasteiger partial charge is 0.356 e. The molecule has 0 spiro atoms. The van der Waals surface area contributed by atoms with E-state index in [-0.39, 0.29) is 0 Å². The van der Waals surface area contributed by atoms with Crippen molar-refractivity contribution in [3.05, 3.63) is 66.0 Å². The molecule has 0 N–H and O–H groups in total. The molecular formula is C14H26N4O6. The first-order chi connectivity index (χ1) is 10.6. The summed E-state index contributed by atoms with van der Waals surface area (Å²) in [5, 5.41) is 29.5. The lowest BCUT2D eigenvalue weighted by Gasteiger charge is -2.25. The summed E-state index contributed by atoms with van der Waals surface area (Å²) in [5.74, 6) is 0. The molecule has 10 heteroatoms. The number of quaternary nitrogens is 2. The zero-order valence-electron chi connectivity index (χ0n) is 15.0. The fourth-order valence-corrected chi connectivity index (χ4v) is 1.85. The Morgan fingerprint density at radius 2 is 0.833 bits per heavy atom. The Balaban J connectivity index is 0. The van der Waals surface area contributed by atoms with Crippen LogP contribution in [0, 0.1) is 30.6 Å². The Morgan fingerprint density at radius 1 is 0.667 bits per heavy atom. The monoisotopic (exact) mass is 346 g/mol. The van der Waals surface area contributed by atoms with E-state index >= 15 is 0 Å². The SMILES string of the molecule is C[N+](C)(C)Cc1ccc(C[N+](C)(C)C)cc1.O=[N+]([O-])[O-].O=[N+]([O-])[O-]. The van der Waals surface area contributed by atoms with Gasteiger partial charge in [0.25, 0.3) is 0 Å². The van der Waals surface area contributed by atoms with Crippen molar-refractivity contribution in [1.82, 2.24) is 0 Å². The lowest BCUT2D eigenvalue weighted by molar-refractivity contribution is -0.884. The van der Waals surface area contributed by atoms with Crippen LogP contribution in [0.15, 0.2) is 24.3 Å². The lowest BCUT2D eigenvalue weighted by atomic mass is 10.1. The zero-order chi connectivity index (χ0) is 19.6. The van der Waals surface area contributed by atoms with E-state index in [1.165, 1.54) is 11.1 Å². The molecule has 0 radical (unpaired) electrons. The molecule has 0 bridgehead atoms. The van der Waals surface area contributed by atoms with Gasteiger partial charge in [-0.05, 0) is 0 Å². The second kappa shape index (κ2) is 10.3. The van der Waals surface area contributed by atoms with Gasteiger partial charge in [-0.15, -0.1) is 0 Å². The van der Waals surface area contributed by atoms with Gasteiger partial charge in [0.1, 0.15) is 13.1 Å². The average Bonchev–Trinajstić information content (AvgIpc) is 2.26. The molecule has 0 aliphatic heterocycles. The minimum atomic E-state index is -1.75. The van der Waals surface area contributed by atoms with Crippen LogP contribution in [0.25, 0.3) is 0 Å². The first-order valence-corrected chi connectivity index (χ1v) is 6.94. The van der Waals surface area contributed by atoms with Crippen molar-refractivity contribution in [1.29, 1.82) is 0 Å². The fraction of sp³-hybridized carbons (Fsp3) is 0.571. The Labute approximate surface area is 141 Å². The van der Waals surface area contributed by atoms with Gasteiger partial charge in [-0.1, -0.05) is 24.3 Å². The van der Waals surface area contributed by atoms with Gasteiger partial charge < -0.3 is 39.6 Å². The Kier molecular flexibility index (Phi) is 10.3. The van der Waals surface area contributed by atoms with E-state index < -0.39 is 10.2 Å². The van der Waals surface area contributed by atoms with Crippen LogP contribution in [0.4, 0.5) is 0 Å². The molecule has 24 heavy (non-hydrogen) atoms. The van der Waals surface area contributed by atoms with Crippen LogP contribution in [0.3, 0.4) is 0 Å². The number of rotatable bonds is 4. The number of hydrogen-bond acceptors (Lipinski definition) is 6. The third-order valence-electron chi connectivity index (χ3n) is 2.34. The van der Waals surface area contributed by atoms with E-state index in [0.717, 1.165) is 22.1 Å². The predicted molar refractivity (Wildman–Crippen MR) is 90.6 cm³/mol. The average molecular weight is 346 g/mol. The topological polar surface area (TPSA) is 132 Å². The molecule has 0 saturated carbocycles. The van der Waals surface area contributed by atoms with Gasteiger partial charge in [-0.25, -0.2) is 0 Å². The summed E-state index contributed by atoms with van der Waals surface area (Å²) in [4.78, 5) is 16.5. The maximum absolute atomic E-state index is 8.25. The van der Waals surface area contributed by atoms with Crippen molar-refractivity contribution in [2.45, 2.75) is 13.1 Å².